The van der Waals surface area contributed by atoms with Crippen LogP contribution in [0.2, 0.25) is 0 Å². The number of carbonyl (C=O) groups excluding carboxylic acids is 1. The van der Waals surface area contributed by atoms with Crippen LogP contribution in [0.1, 0.15) is 5.76 Å². The van der Waals surface area contributed by atoms with Crippen LogP contribution < -0.4 is 10.6 Å². The summed E-state index contributed by atoms with van der Waals surface area (Å²) < 4.78 is 10.1. The Kier molecular flexibility index (Phi) is 7.57. The molecule has 0 saturated heterocycles. The fraction of sp³-hybridized carbons (Fsp3) is 0.385. The van der Waals surface area contributed by atoms with Crippen molar-refractivity contribution in [2.75, 3.05) is 26.4 Å². The van der Waals surface area contributed by atoms with Crippen molar-refractivity contribution >= 4 is 5.91 Å². The Morgan fingerprint density at radius 1 is 1.55 bits per heavy atom. The van der Waals surface area contributed by atoms with Gasteiger partial charge in [-0.1, -0.05) is 0 Å². The van der Waals surface area contributed by atoms with E-state index in [-0.39, 0.29) is 25.3 Å². The van der Waals surface area contributed by atoms with Gasteiger partial charge in [0.25, 0.3) is 5.91 Å². The number of aliphatic hydroxyl groups excluding tert-OH is 1. The van der Waals surface area contributed by atoms with E-state index in [1.165, 1.54) is 12.5 Å². The highest BCUT2D eigenvalue weighted by Crippen LogP contribution is 1.99. The summed E-state index contributed by atoms with van der Waals surface area (Å²) in [6.45, 7) is 1.28. The predicted octanol–water partition coefficient (Wildman–Crippen LogP) is -0.0982. The van der Waals surface area contributed by atoms with Crippen molar-refractivity contribution in [2.45, 2.75) is 6.54 Å². The maximum Gasteiger partial charge on any atom is 0.263 e. The van der Waals surface area contributed by atoms with E-state index in [2.05, 4.69) is 10.6 Å². The summed E-state index contributed by atoms with van der Waals surface area (Å²) in [4.78, 5) is 11.7. The van der Waals surface area contributed by atoms with Crippen LogP contribution in [-0.4, -0.2) is 37.4 Å². The minimum Gasteiger partial charge on any atom is -0.467 e. The molecule has 1 heterocycles. The highest BCUT2D eigenvalue weighted by molar-refractivity contribution is 5.96. The highest BCUT2D eigenvalue weighted by atomic mass is 16.5. The first-order valence-corrected chi connectivity index (χ1v) is 6.10. The molecule has 20 heavy (non-hydrogen) atoms. The molecule has 7 heteroatoms. The van der Waals surface area contributed by atoms with Gasteiger partial charge < -0.3 is 24.9 Å². The van der Waals surface area contributed by atoms with E-state index in [1.807, 2.05) is 6.07 Å². The molecule has 0 aromatic carbocycles. The second-order valence-corrected chi connectivity index (χ2v) is 3.72. The van der Waals surface area contributed by atoms with E-state index in [0.29, 0.717) is 18.9 Å². The summed E-state index contributed by atoms with van der Waals surface area (Å²) in [5, 5.41) is 22.7. The molecule has 0 unspecified atom stereocenters. The van der Waals surface area contributed by atoms with Gasteiger partial charge in [-0.15, -0.1) is 0 Å². The van der Waals surface area contributed by atoms with Crippen molar-refractivity contribution in [3.63, 3.8) is 0 Å². The first-order chi connectivity index (χ1) is 9.77. The standard InChI is InChI=1S/C13H17N3O4/c14-8-11(9-15-3-6-19-7-4-17)13(18)16-10-12-2-1-5-20-12/h1-2,5,9,15,17H,3-4,6-7,10H2,(H,16,18)/b11-9-. The highest BCUT2D eigenvalue weighted by Gasteiger charge is 2.08. The summed E-state index contributed by atoms with van der Waals surface area (Å²) in [7, 11) is 0. The van der Waals surface area contributed by atoms with Crippen LogP contribution in [0.4, 0.5) is 0 Å². The molecule has 0 spiro atoms. The molecule has 3 N–H and O–H groups in total. The average Bonchev–Trinajstić information content (AvgIpc) is 2.97. The molecule has 1 aromatic rings. The lowest BCUT2D eigenvalue weighted by atomic mass is 10.3. The Labute approximate surface area is 116 Å². The molecule has 1 rings (SSSR count). The molecule has 1 aromatic heterocycles. The summed E-state index contributed by atoms with van der Waals surface area (Å²) in [5.41, 5.74) is -0.0290. The molecule has 0 fully saturated rings. The maximum atomic E-state index is 11.7. The summed E-state index contributed by atoms with van der Waals surface area (Å²) >= 11 is 0. The van der Waals surface area contributed by atoms with Crippen molar-refractivity contribution < 1.29 is 19.1 Å². The van der Waals surface area contributed by atoms with Gasteiger partial charge in [0.2, 0.25) is 0 Å². The molecular weight excluding hydrogens is 262 g/mol. The minimum atomic E-state index is -0.479. The smallest absolute Gasteiger partial charge is 0.263 e. The van der Waals surface area contributed by atoms with Crippen molar-refractivity contribution in [2.24, 2.45) is 0 Å². The molecule has 0 radical (unpaired) electrons. The Morgan fingerprint density at radius 3 is 3.05 bits per heavy atom. The number of hydrogen-bond donors (Lipinski definition) is 3. The Bertz CT molecular complexity index is 462. The van der Waals surface area contributed by atoms with Gasteiger partial charge in [0, 0.05) is 12.7 Å². The van der Waals surface area contributed by atoms with Gasteiger partial charge in [-0.25, -0.2) is 0 Å². The molecule has 0 aliphatic carbocycles. The van der Waals surface area contributed by atoms with E-state index < -0.39 is 5.91 Å². The lowest BCUT2D eigenvalue weighted by Crippen LogP contribution is -2.25. The monoisotopic (exact) mass is 279 g/mol. The zero-order chi connectivity index (χ0) is 14.6. The Morgan fingerprint density at radius 2 is 2.40 bits per heavy atom. The van der Waals surface area contributed by atoms with Gasteiger partial charge in [-0.05, 0) is 12.1 Å². The van der Waals surface area contributed by atoms with Gasteiger partial charge in [0.1, 0.15) is 17.4 Å². The van der Waals surface area contributed by atoms with Crippen LogP contribution in [0, 0.1) is 11.3 Å². The van der Waals surface area contributed by atoms with Gasteiger partial charge in [-0.2, -0.15) is 5.26 Å². The number of aliphatic hydroxyl groups is 1. The van der Waals surface area contributed by atoms with Gasteiger partial charge in [0.15, 0.2) is 0 Å². The van der Waals surface area contributed by atoms with E-state index in [1.54, 1.807) is 12.1 Å². The number of rotatable bonds is 9. The molecule has 108 valence electrons. The first kappa shape index (κ1) is 15.8. The number of hydrogen-bond acceptors (Lipinski definition) is 6. The molecule has 7 nitrogen and oxygen atoms in total. The normalized spacial score (nSPS) is 10.9. The Hall–Kier alpha value is -2.30. The number of nitrogens with zero attached hydrogens (tertiary/aromatic N) is 1. The second kappa shape index (κ2) is 9.61. The van der Waals surface area contributed by atoms with Crippen LogP contribution in [0.5, 0.6) is 0 Å². The van der Waals surface area contributed by atoms with Gasteiger partial charge in [0.05, 0.1) is 32.6 Å². The summed E-state index contributed by atoms with van der Waals surface area (Å²) in [6.07, 6.45) is 2.84. The largest absolute Gasteiger partial charge is 0.467 e. The predicted molar refractivity (Wildman–Crippen MR) is 70.2 cm³/mol. The van der Waals surface area contributed by atoms with Gasteiger partial charge in [-0.3, -0.25) is 4.79 Å². The number of nitrogens with one attached hydrogen (secondary N) is 2. The van der Waals surface area contributed by atoms with Crippen molar-refractivity contribution in [1.82, 2.24) is 10.6 Å². The van der Waals surface area contributed by atoms with Gasteiger partial charge >= 0.3 is 0 Å². The third kappa shape index (κ3) is 6.04. The summed E-state index contributed by atoms with van der Waals surface area (Å²) in [5.74, 6) is 0.133. The van der Waals surface area contributed by atoms with Crippen molar-refractivity contribution in [3.05, 3.63) is 35.9 Å². The fourth-order valence-electron chi connectivity index (χ4n) is 1.30. The SMILES string of the molecule is N#C/C(=C/NCCOCCO)C(=O)NCc1ccco1. The topological polar surface area (TPSA) is 108 Å². The number of carbonyl (C=O) groups is 1. The zero-order valence-electron chi connectivity index (χ0n) is 11.0. The third-order valence-electron chi connectivity index (χ3n) is 2.24. The molecular formula is C13H17N3O4. The van der Waals surface area contributed by atoms with E-state index in [9.17, 15) is 4.79 Å². The molecule has 0 atom stereocenters. The third-order valence-corrected chi connectivity index (χ3v) is 2.24. The Balaban J connectivity index is 2.29. The second-order valence-electron chi connectivity index (χ2n) is 3.72. The number of nitriles is 1. The lowest BCUT2D eigenvalue weighted by Gasteiger charge is -2.04. The average molecular weight is 279 g/mol. The van der Waals surface area contributed by atoms with Crippen LogP contribution in [0.3, 0.4) is 0 Å². The fourth-order valence-corrected chi connectivity index (χ4v) is 1.30. The molecule has 0 bridgehead atoms. The summed E-state index contributed by atoms with van der Waals surface area (Å²) in [6, 6.07) is 5.26. The molecule has 1 amide bonds. The maximum absolute atomic E-state index is 11.7. The number of furan rings is 1. The lowest BCUT2D eigenvalue weighted by molar-refractivity contribution is -0.117. The zero-order valence-corrected chi connectivity index (χ0v) is 11.0. The molecule has 0 saturated carbocycles. The van der Waals surface area contributed by atoms with Crippen LogP contribution >= 0.6 is 0 Å². The van der Waals surface area contributed by atoms with Crippen LogP contribution in [0.15, 0.2) is 34.6 Å². The van der Waals surface area contributed by atoms with Crippen molar-refractivity contribution in [3.8, 4) is 6.07 Å². The van der Waals surface area contributed by atoms with E-state index in [0.717, 1.165) is 0 Å². The molecule has 0 aliphatic heterocycles. The minimum absolute atomic E-state index is 0.0290. The van der Waals surface area contributed by atoms with Crippen LogP contribution in [-0.2, 0) is 16.1 Å². The van der Waals surface area contributed by atoms with Crippen LogP contribution in [0.25, 0.3) is 0 Å². The van der Waals surface area contributed by atoms with E-state index in [4.69, 9.17) is 19.5 Å². The quantitative estimate of drug-likeness (QED) is 0.331. The van der Waals surface area contributed by atoms with Crippen molar-refractivity contribution in [1.29, 1.82) is 5.26 Å². The first-order valence-electron chi connectivity index (χ1n) is 6.10. The number of amides is 1. The molecule has 0 aliphatic rings. The number of ether oxygens (including phenoxy) is 1. The van der Waals surface area contributed by atoms with E-state index >= 15 is 0 Å².